The molecule has 1 aliphatic rings. The van der Waals surface area contributed by atoms with Crippen molar-refractivity contribution >= 4 is 35.1 Å². The van der Waals surface area contributed by atoms with Crippen LogP contribution in [0.25, 0.3) is 0 Å². The minimum Gasteiger partial charge on any atom is -0.384 e. The van der Waals surface area contributed by atoms with Gasteiger partial charge in [0.05, 0.1) is 5.02 Å². The molecule has 1 heterocycles. The van der Waals surface area contributed by atoms with E-state index in [1.54, 1.807) is 12.1 Å². The largest absolute Gasteiger partial charge is 0.384 e. The van der Waals surface area contributed by atoms with E-state index in [1.807, 2.05) is 11.8 Å². The standard InChI is InChI=1S/C13H18ClN3OS/c1-19-13(6-2-3-7-13)8-16-12(18)11-9(14)4-5-10(15)17-11/h4-5H,2-3,6-8H2,1H3,(H2,15,17)(H,16,18). The van der Waals surface area contributed by atoms with E-state index in [-0.39, 0.29) is 16.3 Å². The molecule has 1 saturated carbocycles. The van der Waals surface area contributed by atoms with E-state index in [1.165, 1.54) is 12.8 Å². The summed E-state index contributed by atoms with van der Waals surface area (Å²) in [6, 6.07) is 3.18. The van der Waals surface area contributed by atoms with Crippen LogP contribution >= 0.6 is 23.4 Å². The minimum atomic E-state index is -0.252. The van der Waals surface area contributed by atoms with Crippen LogP contribution in [0.15, 0.2) is 12.1 Å². The fourth-order valence-corrected chi connectivity index (χ4v) is 3.52. The summed E-state index contributed by atoms with van der Waals surface area (Å²) in [5.41, 5.74) is 5.79. The fourth-order valence-electron chi connectivity index (χ4n) is 2.41. The van der Waals surface area contributed by atoms with Crippen molar-refractivity contribution in [2.75, 3.05) is 18.5 Å². The van der Waals surface area contributed by atoms with E-state index in [0.717, 1.165) is 12.8 Å². The van der Waals surface area contributed by atoms with Gasteiger partial charge in [-0.3, -0.25) is 4.79 Å². The molecule has 104 valence electrons. The fraction of sp³-hybridized carbons (Fsp3) is 0.538. The van der Waals surface area contributed by atoms with Crippen LogP contribution in [-0.2, 0) is 0 Å². The van der Waals surface area contributed by atoms with Gasteiger partial charge < -0.3 is 11.1 Å². The number of carbonyl (C=O) groups excluding carboxylic acids is 1. The normalized spacial score (nSPS) is 17.4. The van der Waals surface area contributed by atoms with Gasteiger partial charge in [0.25, 0.3) is 5.91 Å². The highest BCUT2D eigenvalue weighted by Crippen LogP contribution is 2.39. The predicted octanol–water partition coefficient (Wildman–Crippen LogP) is 2.72. The summed E-state index contributed by atoms with van der Waals surface area (Å²) >= 11 is 7.80. The lowest BCUT2D eigenvalue weighted by molar-refractivity contribution is 0.0945. The first-order chi connectivity index (χ1) is 9.06. The number of hydrogen-bond donors (Lipinski definition) is 2. The molecule has 0 spiro atoms. The Kier molecular flexibility index (Phi) is 4.58. The molecule has 19 heavy (non-hydrogen) atoms. The average Bonchev–Trinajstić information content (AvgIpc) is 2.88. The Labute approximate surface area is 122 Å². The van der Waals surface area contributed by atoms with E-state index in [9.17, 15) is 4.79 Å². The molecule has 0 saturated heterocycles. The number of nitrogens with two attached hydrogens (primary N) is 1. The van der Waals surface area contributed by atoms with Crippen molar-refractivity contribution in [2.45, 2.75) is 30.4 Å². The van der Waals surface area contributed by atoms with Gasteiger partial charge in [-0.15, -0.1) is 0 Å². The molecule has 1 amide bonds. The van der Waals surface area contributed by atoms with Crippen LogP contribution in [-0.4, -0.2) is 28.4 Å². The Morgan fingerprint density at radius 3 is 2.84 bits per heavy atom. The lowest BCUT2D eigenvalue weighted by Gasteiger charge is -2.26. The van der Waals surface area contributed by atoms with E-state index < -0.39 is 0 Å². The molecular formula is C13H18ClN3OS. The molecule has 1 fully saturated rings. The number of halogens is 1. The maximum Gasteiger partial charge on any atom is 0.271 e. The third-order valence-corrected chi connectivity index (χ3v) is 5.33. The number of nitrogen functional groups attached to an aromatic ring is 1. The third kappa shape index (κ3) is 3.34. The molecular weight excluding hydrogens is 282 g/mol. The Hall–Kier alpha value is -0.940. The van der Waals surface area contributed by atoms with Gasteiger partial charge in [-0.05, 0) is 31.2 Å². The second-order valence-electron chi connectivity index (χ2n) is 4.84. The van der Waals surface area contributed by atoms with Crippen LogP contribution in [0.5, 0.6) is 0 Å². The van der Waals surface area contributed by atoms with Crippen LogP contribution in [0.2, 0.25) is 5.02 Å². The maximum absolute atomic E-state index is 12.1. The van der Waals surface area contributed by atoms with Gasteiger partial charge in [0.2, 0.25) is 0 Å². The number of pyridine rings is 1. The van der Waals surface area contributed by atoms with E-state index in [2.05, 4.69) is 16.6 Å². The third-order valence-electron chi connectivity index (χ3n) is 3.60. The minimum absolute atomic E-state index is 0.169. The summed E-state index contributed by atoms with van der Waals surface area (Å²) in [5.74, 6) is 0.0487. The molecule has 0 unspecified atom stereocenters. The van der Waals surface area contributed by atoms with Crippen molar-refractivity contribution in [3.63, 3.8) is 0 Å². The summed E-state index contributed by atoms with van der Waals surface area (Å²) in [6.45, 7) is 0.653. The highest BCUT2D eigenvalue weighted by atomic mass is 35.5. The SMILES string of the molecule is CSC1(CNC(=O)c2nc(N)ccc2Cl)CCCC1. The summed E-state index contributed by atoms with van der Waals surface area (Å²) in [4.78, 5) is 16.1. The second-order valence-corrected chi connectivity index (χ2v) is 6.52. The van der Waals surface area contributed by atoms with Crippen LogP contribution in [0.4, 0.5) is 5.82 Å². The Morgan fingerprint density at radius 1 is 1.53 bits per heavy atom. The molecule has 1 aromatic rings. The average molecular weight is 300 g/mol. The number of aromatic nitrogens is 1. The highest BCUT2D eigenvalue weighted by Gasteiger charge is 2.33. The van der Waals surface area contributed by atoms with Crippen LogP contribution in [0, 0.1) is 0 Å². The van der Waals surface area contributed by atoms with Crippen LogP contribution in [0.3, 0.4) is 0 Å². The monoisotopic (exact) mass is 299 g/mol. The summed E-state index contributed by atoms with van der Waals surface area (Å²) in [6.07, 6.45) is 6.85. The molecule has 0 radical (unpaired) electrons. The lowest BCUT2D eigenvalue weighted by atomic mass is 10.1. The molecule has 0 atom stereocenters. The topological polar surface area (TPSA) is 68.0 Å². The van der Waals surface area contributed by atoms with Crippen molar-refractivity contribution < 1.29 is 4.79 Å². The van der Waals surface area contributed by atoms with E-state index in [4.69, 9.17) is 17.3 Å². The highest BCUT2D eigenvalue weighted by molar-refractivity contribution is 8.00. The summed E-state index contributed by atoms with van der Waals surface area (Å²) < 4.78 is 0.169. The number of nitrogens with zero attached hydrogens (tertiary/aromatic N) is 1. The number of carbonyl (C=O) groups is 1. The van der Waals surface area contributed by atoms with Gasteiger partial charge in [-0.1, -0.05) is 24.4 Å². The van der Waals surface area contributed by atoms with E-state index in [0.29, 0.717) is 17.4 Å². The van der Waals surface area contributed by atoms with Gasteiger partial charge >= 0.3 is 0 Å². The van der Waals surface area contributed by atoms with Crippen molar-refractivity contribution in [2.24, 2.45) is 0 Å². The number of thioether (sulfide) groups is 1. The molecule has 4 nitrogen and oxygen atoms in total. The zero-order valence-corrected chi connectivity index (χ0v) is 12.5. The van der Waals surface area contributed by atoms with Crippen molar-refractivity contribution in [1.29, 1.82) is 0 Å². The van der Waals surface area contributed by atoms with Gasteiger partial charge in [-0.2, -0.15) is 11.8 Å². The van der Waals surface area contributed by atoms with Gasteiger partial charge in [0.1, 0.15) is 11.5 Å². The molecule has 0 aromatic carbocycles. The number of rotatable bonds is 4. The van der Waals surface area contributed by atoms with Crippen LogP contribution < -0.4 is 11.1 Å². The smallest absolute Gasteiger partial charge is 0.271 e. The first kappa shape index (κ1) is 14.5. The van der Waals surface area contributed by atoms with Crippen LogP contribution in [0.1, 0.15) is 36.2 Å². The number of nitrogens with one attached hydrogen (secondary N) is 1. The van der Waals surface area contributed by atoms with Gasteiger partial charge in [-0.25, -0.2) is 4.98 Å². The number of anilines is 1. The Morgan fingerprint density at radius 2 is 2.21 bits per heavy atom. The molecule has 1 aromatic heterocycles. The first-order valence-corrected chi connectivity index (χ1v) is 7.92. The van der Waals surface area contributed by atoms with E-state index >= 15 is 0 Å². The first-order valence-electron chi connectivity index (χ1n) is 6.32. The van der Waals surface area contributed by atoms with Crippen molar-refractivity contribution in [1.82, 2.24) is 10.3 Å². The molecule has 6 heteroatoms. The number of hydrogen-bond acceptors (Lipinski definition) is 4. The summed E-state index contributed by atoms with van der Waals surface area (Å²) in [7, 11) is 0. The van der Waals surface area contributed by atoms with Crippen molar-refractivity contribution in [3.8, 4) is 0 Å². The summed E-state index contributed by atoms with van der Waals surface area (Å²) in [5, 5.41) is 3.27. The maximum atomic E-state index is 12.1. The second kappa shape index (κ2) is 6.01. The van der Waals surface area contributed by atoms with Gasteiger partial charge in [0.15, 0.2) is 0 Å². The van der Waals surface area contributed by atoms with Gasteiger partial charge in [0, 0.05) is 11.3 Å². The van der Waals surface area contributed by atoms with Crippen molar-refractivity contribution in [3.05, 3.63) is 22.8 Å². The molecule has 2 rings (SSSR count). The number of amides is 1. The molecule has 1 aliphatic carbocycles. The zero-order chi connectivity index (χ0) is 13.9. The zero-order valence-electron chi connectivity index (χ0n) is 10.9. The predicted molar refractivity (Wildman–Crippen MR) is 80.7 cm³/mol. The molecule has 0 bridgehead atoms. The Balaban J connectivity index is 2.03. The molecule has 3 N–H and O–H groups in total. The Bertz CT molecular complexity index is 475. The molecule has 0 aliphatic heterocycles. The quantitative estimate of drug-likeness (QED) is 0.897. The lowest BCUT2D eigenvalue weighted by Crippen LogP contribution is -2.38.